The lowest BCUT2D eigenvalue weighted by Crippen LogP contribution is -2.42. The molecule has 0 N–H and O–H groups in total. The Bertz CT molecular complexity index is 4040. The fraction of sp³-hybridized carbons (Fsp3) is 0.412. The van der Waals surface area contributed by atoms with E-state index in [0.717, 1.165) is 58.9 Å². The molecule has 0 saturated heterocycles. The first kappa shape index (κ1) is 106. The van der Waals surface area contributed by atoms with Crippen LogP contribution in [-0.2, 0) is 6.42 Å². The first-order chi connectivity index (χ1) is 55.6. The first-order valence-corrected chi connectivity index (χ1v) is 41.7. The SMILES string of the molecule is C.CC(C)C1=NC=CC1.CC(C)C1=Nc2ccccc2C1.CC(C)Oc1cccc(Cl)c1.CC(C)Oc1ccccn1.CC(C)Oc1cccnc1.CC(C)Oc1cccnc1Cl.CC(C)Oc1ccncc1.CO[n+]1ccccc1OC(C)C.Cc1ccc(OC(C)C)cn1.Cc1ccc(OC(C)C)cn1.Cc1ccc(SC(C)C)cc1. The normalized spacial score (nSPS) is 11.0. The average molecular weight is 1680 g/mol. The number of fused-ring (bicyclic) bond motifs is 1. The predicted octanol–water partition coefficient (Wildman–Crippen LogP) is 25.5. The van der Waals surface area contributed by atoms with Crippen LogP contribution in [0.25, 0.3) is 0 Å². The minimum atomic E-state index is 0. The summed E-state index contributed by atoms with van der Waals surface area (Å²) in [5, 5.41) is 1.81. The Morgan fingerprint density at radius 2 is 0.915 bits per heavy atom. The van der Waals surface area contributed by atoms with E-state index in [-0.39, 0.29) is 56.3 Å². The first-order valence-electron chi connectivity index (χ1n) is 40.0. The molecular weight excluding hydrogens is 1540 g/mol. The minimum Gasteiger partial charge on any atom is -0.491 e. The summed E-state index contributed by atoms with van der Waals surface area (Å²) in [6.07, 6.45) is 23.2. The molecular formula is C97H136Cl2N9O9S+. The van der Waals surface area contributed by atoms with Crippen molar-refractivity contribution in [3.63, 3.8) is 0 Å². The second-order valence-electron chi connectivity index (χ2n) is 29.3. The predicted molar refractivity (Wildman–Crippen MR) is 494 cm³/mol. The van der Waals surface area contributed by atoms with Crippen molar-refractivity contribution in [3.05, 3.63) is 271 Å². The van der Waals surface area contributed by atoms with Gasteiger partial charge in [0, 0.05) is 105 Å². The van der Waals surface area contributed by atoms with E-state index in [4.69, 9.17) is 65.9 Å². The molecule has 9 heterocycles. The number of para-hydroxylation sites is 1. The van der Waals surface area contributed by atoms with E-state index in [2.05, 4.69) is 137 Å². The number of hydrogen-bond donors (Lipinski definition) is 0. The van der Waals surface area contributed by atoms with Crippen molar-refractivity contribution in [2.75, 3.05) is 7.11 Å². The molecule has 0 bridgehead atoms. The van der Waals surface area contributed by atoms with E-state index < -0.39 is 0 Å². The van der Waals surface area contributed by atoms with Crippen molar-refractivity contribution < 1.29 is 47.5 Å². The molecule has 0 fully saturated rings. The summed E-state index contributed by atoms with van der Waals surface area (Å²) in [6.45, 7) is 51.0. The van der Waals surface area contributed by atoms with Crippen LogP contribution in [0.5, 0.6) is 46.3 Å². The van der Waals surface area contributed by atoms with Gasteiger partial charge in [-0.2, -0.15) is 0 Å². The summed E-state index contributed by atoms with van der Waals surface area (Å²) >= 11 is 13.4. The molecule has 0 radical (unpaired) electrons. The number of pyridine rings is 7. The Labute approximate surface area is 723 Å². The summed E-state index contributed by atoms with van der Waals surface area (Å²) in [5.41, 5.74) is 8.53. The number of thioether (sulfide) groups is 1. The second kappa shape index (κ2) is 62.2. The van der Waals surface area contributed by atoms with Gasteiger partial charge in [0.15, 0.2) is 10.9 Å². The van der Waals surface area contributed by atoms with E-state index >= 15 is 0 Å². The van der Waals surface area contributed by atoms with Crippen LogP contribution >= 0.6 is 35.0 Å². The molecule has 2 aliphatic rings. The Balaban J connectivity index is 0.000000649. The Hall–Kier alpha value is -10.1. The second-order valence-corrected chi connectivity index (χ2v) is 31.8. The van der Waals surface area contributed by atoms with Gasteiger partial charge in [0.2, 0.25) is 12.1 Å². The lowest BCUT2D eigenvalue weighted by molar-refractivity contribution is -0.887. The van der Waals surface area contributed by atoms with E-state index in [9.17, 15) is 0 Å². The minimum absolute atomic E-state index is 0. The highest BCUT2D eigenvalue weighted by Gasteiger charge is 2.16. The van der Waals surface area contributed by atoms with Gasteiger partial charge in [-0.1, -0.05) is 126 Å². The van der Waals surface area contributed by atoms with Crippen LogP contribution in [0.2, 0.25) is 10.2 Å². The molecule has 118 heavy (non-hydrogen) atoms. The van der Waals surface area contributed by atoms with Crippen LogP contribution in [0.15, 0.2) is 253 Å². The molecule has 7 aromatic heterocycles. The van der Waals surface area contributed by atoms with Crippen LogP contribution in [0.1, 0.15) is 189 Å². The average Bonchev–Trinajstić information content (AvgIpc) is 1.69. The monoisotopic (exact) mass is 1670 g/mol. The van der Waals surface area contributed by atoms with Crippen molar-refractivity contribution in [3.8, 4) is 46.3 Å². The number of aromatic nitrogens is 7. The number of allylic oxidation sites excluding steroid dienone is 1. The lowest BCUT2D eigenvalue weighted by Gasteiger charge is -2.09. The van der Waals surface area contributed by atoms with Gasteiger partial charge in [0.25, 0.3) is 0 Å². The summed E-state index contributed by atoms with van der Waals surface area (Å²) in [5.74, 6) is 7.48. The maximum atomic E-state index is 5.75. The fourth-order valence-electron chi connectivity index (χ4n) is 9.19. The maximum absolute atomic E-state index is 5.75. The topological polar surface area (TPSA) is 189 Å². The van der Waals surface area contributed by atoms with Crippen molar-refractivity contribution in [1.82, 2.24) is 29.9 Å². The summed E-state index contributed by atoms with van der Waals surface area (Å²) in [4.78, 5) is 39.0. The summed E-state index contributed by atoms with van der Waals surface area (Å²) in [6, 6.07) is 54.5. The molecule has 0 atom stereocenters. The number of hydrogen-bond acceptors (Lipinski definition) is 18. The molecule has 10 aromatic rings. The molecule has 0 amide bonds. The molecule has 0 saturated carbocycles. The highest BCUT2D eigenvalue weighted by atomic mass is 35.5. The number of rotatable bonds is 21. The third-order valence-corrected chi connectivity index (χ3v) is 15.7. The smallest absolute Gasteiger partial charge is 0.417 e. The van der Waals surface area contributed by atoms with Gasteiger partial charge in [0.05, 0.1) is 79.2 Å². The zero-order valence-electron chi connectivity index (χ0n) is 74.1. The van der Waals surface area contributed by atoms with Gasteiger partial charge in [-0.3, -0.25) is 34.8 Å². The molecule has 0 unspecified atom stereocenters. The quantitative estimate of drug-likeness (QED) is 0.0375. The van der Waals surface area contributed by atoms with E-state index in [1.807, 2.05) is 258 Å². The largest absolute Gasteiger partial charge is 0.491 e. The molecule has 12 rings (SSSR count). The van der Waals surface area contributed by atoms with E-state index in [1.54, 1.807) is 79.7 Å². The molecule has 0 aliphatic carbocycles. The van der Waals surface area contributed by atoms with Gasteiger partial charge < -0.3 is 37.9 Å². The van der Waals surface area contributed by atoms with Gasteiger partial charge in [-0.25, -0.2) is 9.97 Å². The Kier molecular flexibility index (Phi) is 55.8. The number of aryl methyl sites for hydroxylation is 3. The van der Waals surface area contributed by atoms with Crippen molar-refractivity contribution in [1.29, 1.82) is 0 Å². The number of ether oxygens (including phenoxy) is 8. The number of aliphatic imine (C=N–C) groups is 2. The third-order valence-electron chi connectivity index (χ3n) is 14.2. The molecule has 3 aromatic carbocycles. The van der Waals surface area contributed by atoms with Gasteiger partial charge in [0.1, 0.15) is 35.9 Å². The summed E-state index contributed by atoms with van der Waals surface area (Å²) in [7, 11) is 1.60. The third kappa shape index (κ3) is 53.3. The van der Waals surface area contributed by atoms with Crippen LogP contribution in [0.4, 0.5) is 5.69 Å². The van der Waals surface area contributed by atoms with Crippen molar-refractivity contribution >= 4 is 52.1 Å². The van der Waals surface area contributed by atoms with E-state index in [1.165, 1.54) is 33.1 Å². The van der Waals surface area contributed by atoms with Crippen LogP contribution < -0.4 is 47.5 Å². The number of benzene rings is 3. The van der Waals surface area contributed by atoms with E-state index in [0.29, 0.717) is 38.9 Å². The zero-order valence-corrected chi connectivity index (χ0v) is 76.5. The Morgan fingerprint density at radius 3 is 1.36 bits per heavy atom. The highest BCUT2D eigenvalue weighted by molar-refractivity contribution is 7.99. The van der Waals surface area contributed by atoms with Crippen molar-refractivity contribution in [2.45, 2.75) is 252 Å². The van der Waals surface area contributed by atoms with Crippen LogP contribution in [0, 0.1) is 32.6 Å². The highest BCUT2D eigenvalue weighted by Crippen LogP contribution is 2.29. The summed E-state index contributed by atoms with van der Waals surface area (Å²) < 4.78 is 44.7. The van der Waals surface area contributed by atoms with Gasteiger partial charge >= 0.3 is 5.88 Å². The van der Waals surface area contributed by atoms with Crippen LogP contribution in [-0.4, -0.2) is 103 Å². The van der Waals surface area contributed by atoms with Gasteiger partial charge in [-0.05, 0) is 258 Å². The molecule has 2 aliphatic heterocycles. The maximum Gasteiger partial charge on any atom is 0.417 e. The zero-order chi connectivity index (χ0) is 87.0. The van der Waals surface area contributed by atoms with Crippen LogP contribution in [0.3, 0.4) is 0 Å². The fourth-order valence-corrected chi connectivity index (χ4v) is 10.4. The Morgan fingerprint density at radius 1 is 0.407 bits per heavy atom. The van der Waals surface area contributed by atoms with Gasteiger partial charge in [-0.15, -0.1) is 11.8 Å². The molecule has 0 spiro atoms. The molecule has 21 heteroatoms. The lowest BCUT2D eigenvalue weighted by atomic mass is 10.0. The molecule has 642 valence electrons. The number of nitrogens with zero attached hydrogens (tertiary/aromatic N) is 9. The van der Waals surface area contributed by atoms with Crippen molar-refractivity contribution in [2.24, 2.45) is 21.8 Å². The standard InChI is InChI=1S/C11H13N.C10H14S.C9H11ClO.C9H14NO2.2C9H13NO.C8H10ClNO.3C8H11NO.C7H11N.CH4/c1-8(2)11-7-9-5-3-4-6-10(9)12-11;1-8(2)11-10-6-4-9(3)5-7-10;1-7(2)11-9-5-3-4-8(10)6-9;1-8(2)12-9-6-4-5-7-10(9)11-3;2*1-7(2)11-9-5-4-8(3)10-6-9;1-6(2)11-7-4-3-5-10-8(7)9;1-7(2)10-8-3-5-9-6-4-8;1-7(2)10-8-4-3-5-9-6-8;1-7(2)10-8-5-3-4-6-9-8;1-6(2)7-4-3-5-8-7;/h3-6,8H,7H2,1-2H3;4-8H,1-3H3;3-7H,1-2H3;4-8H,1-3H3;2*4-7H,1-3H3;3-6H,1-2H3;3*3-7H,1-2H3;3,5-6H,4H2,1-2H3;1H4/q;;;+1;;;;;;;;. The number of halogens is 2. The molecule has 18 nitrogen and oxygen atoms in total.